The lowest BCUT2D eigenvalue weighted by atomic mass is 10.1. The molecule has 6 heteroatoms. The fourth-order valence-corrected chi connectivity index (χ4v) is 4.49. The van der Waals surface area contributed by atoms with Gasteiger partial charge in [-0.15, -0.1) is 11.3 Å². The average molecular weight is 376 g/mol. The SMILES string of the molecule is COCc1c(C(=O)N[C@@H](C)CCN2CCN(C)CC2)sc2ccccc12. The van der Waals surface area contributed by atoms with Gasteiger partial charge in [-0.2, -0.15) is 0 Å². The second kappa shape index (κ2) is 8.95. The largest absolute Gasteiger partial charge is 0.380 e. The van der Waals surface area contributed by atoms with Crippen LogP contribution in [-0.2, 0) is 11.3 Å². The smallest absolute Gasteiger partial charge is 0.261 e. The Balaban J connectivity index is 1.60. The predicted molar refractivity (Wildman–Crippen MR) is 108 cm³/mol. The van der Waals surface area contributed by atoms with Gasteiger partial charge in [-0.3, -0.25) is 4.79 Å². The van der Waals surface area contributed by atoms with Crippen molar-refractivity contribution in [1.82, 2.24) is 15.1 Å². The van der Waals surface area contributed by atoms with E-state index < -0.39 is 0 Å². The van der Waals surface area contributed by atoms with Crippen molar-refractivity contribution in [1.29, 1.82) is 0 Å². The van der Waals surface area contributed by atoms with E-state index in [1.54, 1.807) is 18.4 Å². The standard InChI is InChI=1S/C20H29N3O2S/c1-15(8-9-23-12-10-22(2)11-13-23)21-20(24)19-17(14-25-3)16-6-4-5-7-18(16)26-19/h4-7,15H,8-14H2,1-3H3,(H,21,24)/t15-/m0/s1. The van der Waals surface area contributed by atoms with Gasteiger partial charge in [0, 0.05) is 56.1 Å². The van der Waals surface area contributed by atoms with Gasteiger partial charge in [0.2, 0.25) is 0 Å². The molecule has 1 atom stereocenters. The first kappa shape index (κ1) is 19.3. The third-order valence-electron chi connectivity index (χ3n) is 5.04. The van der Waals surface area contributed by atoms with E-state index in [0.29, 0.717) is 6.61 Å². The lowest BCUT2D eigenvalue weighted by Crippen LogP contribution is -2.46. The summed E-state index contributed by atoms with van der Waals surface area (Å²) in [6.07, 6.45) is 0.972. The van der Waals surface area contributed by atoms with Gasteiger partial charge in [-0.05, 0) is 31.8 Å². The topological polar surface area (TPSA) is 44.8 Å². The van der Waals surface area contributed by atoms with Gasteiger partial charge in [0.15, 0.2) is 0 Å². The summed E-state index contributed by atoms with van der Waals surface area (Å²) in [7, 11) is 3.84. The van der Waals surface area contributed by atoms with Crippen LogP contribution in [0.15, 0.2) is 24.3 Å². The maximum atomic E-state index is 12.8. The molecule has 0 unspecified atom stereocenters. The molecule has 1 aliphatic rings. The normalized spacial score (nSPS) is 17.5. The Labute approximate surface area is 159 Å². The molecule has 26 heavy (non-hydrogen) atoms. The Morgan fingerprint density at radius 1 is 1.27 bits per heavy atom. The van der Waals surface area contributed by atoms with Crippen LogP contribution < -0.4 is 5.32 Å². The maximum Gasteiger partial charge on any atom is 0.261 e. The van der Waals surface area contributed by atoms with Crippen LogP contribution in [-0.4, -0.2) is 68.6 Å². The fraction of sp³-hybridized carbons (Fsp3) is 0.550. The van der Waals surface area contributed by atoms with Crippen LogP contribution in [0, 0.1) is 0 Å². The third kappa shape index (κ3) is 4.62. The summed E-state index contributed by atoms with van der Waals surface area (Å²) < 4.78 is 6.48. The number of methoxy groups -OCH3 is 1. The summed E-state index contributed by atoms with van der Waals surface area (Å²) in [5, 5.41) is 4.30. The number of ether oxygens (including phenoxy) is 1. The number of nitrogens with zero attached hydrogens (tertiary/aromatic N) is 2. The lowest BCUT2D eigenvalue weighted by molar-refractivity contribution is 0.0931. The van der Waals surface area contributed by atoms with E-state index in [4.69, 9.17) is 4.74 Å². The molecule has 5 nitrogen and oxygen atoms in total. The van der Waals surface area contributed by atoms with Crippen molar-refractivity contribution in [2.45, 2.75) is 26.0 Å². The summed E-state index contributed by atoms with van der Waals surface area (Å²) in [6.45, 7) is 8.08. The Morgan fingerprint density at radius 3 is 2.73 bits per heavy atom. The Hall–Kier alpha value is -1.47. The molecule has 1 saturated heterocycles. The Morgan fingerprint density at radius 2 is 2.00 bits per heavy atom. The molecular formula is C20H29N3O2S. The van der Waals surface area contributed by atoms with Gasteiger partial charge in [0.05, 0.1) is 11.5 Å². The third-order valence-corrected chi connectivity index (χ3v) is 6.26. The van der Waals surface area contributed by atoms with Crippen molar-refractivity contribution in [2.24, 2.45) is 0 Å². The van der Waals surface area contributed by atoms with Crippen LogP contribution in [0.2, 0.25) is 0 Å². The van der Waals surface area contributed by atoms with Gasteiger partial charge in [-0.25, -0.2) is 0 Å². The summed E-state index contributed by atoms with van der Waals surface area (Å²) in [5.74, 6) is 0.0177. The number of thiophene rings is 1. The highest BCUT2D eigenvalue weighted by molar-refractivity contribution is 7.21. The molecule has 1 aliphatic heterocycles. The van der Waals surface area contributed by atoms with E-state index in [-0.39, 0.29) is 11.9 Å². The number of nitrogens with one attached hydrogen (secondary N) is 1. The van der Waals surface area contributed by atoms with Gasteiger partial charge in [0.25, 0.3) is 5.91 Å². The molecule has 1 aromatic heterocycles. The van der Waals surface area contributed by atoms with E-state index in [2.05, 4.69) is 41.2 Å². The number of benzene rings is 1. The zero-order chi connectivity index (χ0) is 18.5. The van der Waals surface area contributed by atoms with E-state index in [0.717, 1.165) is 59.7 Å². The minimum absolute atomic E-state index is 0.0177. The molecule has 2 aromatic rings. The number of hydrogen-bond acceptors (Lipinski definition) is 5. The van der Waals surface area contributed by atoms with Crippen LogP contribution in [0.3, 0.4) is 0 Å². The number of carbonyl (C=O) groups is 1. The monoisotopic (exact) mass is 375 g/mol. The first-order valence-electron chi connectivity index (χ1n) is 9.29. The number of carbonyl (C=O) groups excluding carboxylic acids is 1. The summed E-state index contributed by atoms with van der Waals surface area (Å²) in [5.41, 5.74) is 0.997. The van der Waals surface area contributed by atoms with Gasteiger partial charge in [0.1, 0.15) is 0 Å². The average Bonchev–Trinajstić information content (AvgIpc) is 3.00. The van der Waals surface area contributed by atoms with Gasteiger partial charge < -0.3 is 19.9 Å². The van der Waals surface area contributed by atoms with E-state index in [1.165, 1.54) is 0 Å². The molecule has 1 aromatic carbocycles. The van der Waals surface area contributed by atoms with Crippen molar-refractivity contribution in [3.63, 3.8) is 0 Å². The highest BCUT2D eigenvalue weighted by Crippen LogP contribution is 2.31. The number of likely N-dealkylation sites (N-methyl/N-ethyl adjacent to an activating group) is 1. The van der Waals surface area contributed by atoms with Crippen LogP contribution in [0.25, 0.3) is 10.1 Å². The van der Waals surface area contributed by atoms with Crippen molar-refractivity contribution < 1.29 is 9.53 Å². The molecule has 3 rings (SSSR count). The second-order valence-corrected chi connectivity index (χ2v) is 8.20. The van der Waals surface area contributed by atoms with Crippen molar-refractivity contribution in [2.75, 3.05) is 46.9 Å². The lowest BCUT2D eigenvalue weighted by Gasteiger charge is -2.32. The van der Waals surface area contributed by atoms with Crippen LogP contribution in [0.5, 0.6) is 0 Å². The second-order valence-electron chi connectivity index (χ2n) is 7.15. The molecule has 2 heterocycles. The van der Waals surface area contributed by atoms with E-state index in [9.17, 15) is 4.79 Å². The highest BCUT2D eigenvalue weighted by Gasteiger charge is 2.20. The number of hydrogen-bond donors (Lipinski definition) is 1. The molecule has 0 saturated carbocycles. The van der Waals surface area contributed by atoms with Gasteiger partial charge >= 0.3 is 0 Å². The van der Waals surface area contributed by atoms with Crippen molar-refractivity contribution in [3.8, 4) is 0 Å². The van der Waals surface area contributed by atoms with Crippen molar-refractivity contribution in [3.05, 3.63) is 34.7 Å². The van der Waals surface area contributed by atoms with Gasteiger partial charge in [-0.1, -0.05) is 18.2 Å². The first-order chi connectivity index (χ1) is 12.6. The summed E-state index contributed by atoms with van der Waals surface area (Å²) in [6, 6.07) is 8.30. The predicted octanol–water partition coefficient (Wildman–Crippen LogP) is 2.80. The number of piperazine rings is 1. The molecule has 0 radical (unpaired) electrons. The number of fused-ring (bicyclic) bond motifs is 1. The Kier molecular flexibility index (Phi) is 6.64. The molecule has 1 amide bonds. The molecule has 1 fully saturated rings. The molecular weight excluding hydrogens is 346 g/mol. The zero-order valence-corrected chi connectivity index (χ0v) is 16.8. The number of amides is 1. The quantitative estimate of drug-likeness (QED) is 0.808. The van der Waals surface area contributed by atoms with Crippen LogP contribution >= 0.6 is 11.3 Å². The molecule has 0 aliphatic carbocycles. The molecule has 1 N–H and O–H groups in total. The zero-order valence-electron chi connectivity index (χ0n) is 16.0. The molecule has 0 bridgehead atoms. The Bertz CT molecular complexity index is 738. The molecule has 0 spiro atoms. The molecule has 142 valence electrons. The minimum atomic E-state index is 0.0177. The fourth-order valence-electron chi connectivity index (χ4n) is 3.38. The van der Waals surface area contributed by atoms with E-state index in [1.807, 2.05) is 12.1 Å². The summed E-state index contributed by atoms with van der Waals surface area (Å²) >= 11 is 1.55. The minimum Gasteiger partial charge on any atom is -0.380 e. The summed E-state index contributed by atoms with van der Waals surface area (Å²) in [4.78, 5) is 18.5. The van der Waals surface area contributed by atoms with E-state index >= 15 is 0 Å². The van der Waals surface area contributed by atoms with Crippen LogP contribution in [0.4, 0.5) is 0 Å². The van der Waals surface area contributed by atoms with Crippen LogP contribution in [0.1, 0.15) is 28.6 Å². The first-order valence-corrected chi connectivity index (χ1v) is 10.1. The maximum absolute atomic E-state index is 12.8. The number of rotatable bonds is 7. The van der Waals surface area contributed by atoms with Crippen molar-refractivity contribution >= 4 is 27.3 Å². The highest BCUT2D eigenvalue weighted by atomic mass is 32.1.